The maximum Gasteiger partial charge on any atom is 0.0994 e. The highest BCUT2D eigenvalue weighted by Gasteiger charge is 2.03. The molecule has 0 saturated heterocycles. The zero-order valence-electron chi connectivity index (χ0n) is 8.46. The Morgan fingerprint density at radius 1 is 1.38 bits per heavy atom. The lowest BCUT2D eigenvalue weighted by Gasteiger charge is -2.08. The van der Waals surface area contributed by atoms with Crippen LogP contribution in [0.15, 0.2) is 18.2 Å². The van der Waals surface area contributed by atoms with Gasteiger partial charge in [0, 0.05) is 0 Å². The van der Waals surface area contributed by atoms with E-state index in [9.17, 15) is 0 Å². The Labute approximate surface area is 80.0 Å². The van der Waals surface area contributed by atoms with Gasteiger partial charge in [0.1, 0.15) is 0 Å². The van der Waals surface area contributed by atoms with Gasteiger partial charge in [0.15, 0.2) is 0 Å². The van der Waals surface area contributed by atoms with Crippen molar-refractivity contribution in [3.05, 3.63) is 34.9 Å². The van der Waals surface area contributed by atoms with Crippen LogP contribution in [0, 0.1) is 11.3 Å². The summed E-state index contributed by atoms with van der Waals surface area (Å²) >= 11 is 0. The van der Waals surface area contributed by atoms with Crippen LogP contribution >= 0.6 is 0 Å². The molecular weight excluding hydrogens is 158 g/mol. The fraction of sp³-hybridized carbons (Fsp3) is 0.417. The van der Waals surface area contributed by atoms with Crippen molar-refractivity contribution in [1.29, 1.82) is 5.26 Å². The lowest BCUT2D eigenvalue weighted by atomic mass is 9.97. The molecule has 0 bridgehead atoms. The topological polar surface area (TPSA) is 23.8 Å². The number of hydrogen-bond donors (Lipinski definition) is 0. The van der Waals surface area contributed by atoms with Crippen molar-refractivity contribution in [2.24, 2.45) is 0 Å². The lowest BCUT2D eigenvalue weighted by Crippen LogP contribution is -1.93. The molecule has 0 radical (unpaired) electrons. The lowest BCUT2D eigenvalue weighted by molar-refractivity contribution is 0.862. The molecule has 1 nitrogen and oxygen atoms in total. The van der Waals surface area contributed by atoms with Gasteiger partial charge in [-0.15, -0.1) is 0 Å². The summed E-state index contributed by atoms with van der Waals surface area (Å²) in [5.41, 5.74) is 3.29. The molecule has 0 aliphatic heterocycles. The van der Waals surface area contributed by atoms with Crippen LogP contribution in [0.1, 0.15) is 43.4 Å². The van der Waals surface area contributed by atoms with Crippen LogP contribution in [-0.2, 0) is 6.42 Å². The average molecular weight is 173 g/mol. The first-order chi connectivity index (χ1) is 6.19. The molecule has 0 atom stereocenters. The normalized spacial score (nSPS) is 10.1. The van der Waals surface area contributed by atoms with Gasteiger partial charge in [0.25, 0.3) is 0 Å². The standard InChI is InChI=1S/C12H15N/c1-4-10-7-11(9(2)3)5-6-12(10)8-13/h5-7,9H,4H2,1-3H3. The molecule has 0 aliphatic carbocycles. The molecule has 0 heterocycles. The number of benzene rings is 1. The first-order valence-electron chi connectivity index (χ1n) is 4.72. The van der Waals surface area contributed by atoms with Crippen molar-refractivity contribution >= 4 is 0 Å². The molecule has 0 fully saturated rings. The van der Waals surface area contributed by atoms with E-state index in [0.717, 1.165) is 17.5 Å². The van der Waals surface area contributed by atoms with Gasteiger partial charge < -0.3 is 0 Å². The van der Waals surface area contributed by atoms with E-state index in [-0.39, 0.29) is 0 Å². The average Bonchev–Trinajstić information content (AvgIpc) is 2.16. The maximum absolute atomic E-state index is 8.83. The van der Waals surface area contributed by atoms with Gasteiger partial charge in [-0.05, 0) is 29.5 Å². The van der Waals surface area contributed by atoms with Crippen LogP contribution in [-0.4, -0.2) is 0 Å². The zero-order chi connectivity index (χ0) is 9.84. The van der Waals surface area contributed by atoms with Crippen molar-refractivity contribution < 1.29 is 0 Å². The SMILES string of the molecule is CCc1cc(C(C)C)ccc1C#N. The molecule has 68 valence electrons. The van der Waals surface area contributed by atoms with Gasteiger partial charge in [-0.25, -0.2) is 0 Å². The smallest absolute Gasteiger partial charge is 0.0994 e. The van der Waals surface area contributed by atoms with Crippen molar-refractivity contribution in [2.75, 3.05) is 0 Å². The predicted octanol–water partition coefficient (Wildman–Crippen LogP) is 3.24. The van der Waals surface area contributed by atoms with Crippen LogP contribution < -0.4 is 0 Å². The van der Waals surface area contributed by atoms with Crippen molar-refractivity contribution in [3.63, 3.8) is 0 Å². The summed E-state index contributed by atoms with van der Waals surface area (Å²) < 4.78 is 0. The second kappa shape index (κ2) is 4.09. The van der Waals surface area contributed by atoms with Crippen LogP contribution in [0.2, 0.25) is 0 Å². The van der Waals surface area contributed by atoms with E-state index in [1.165, 1.54) is 5.56 Å². The minimum Gasteiger partial charge on any atom is -0.192 e. The molecule has 0 aromatic heterocycles. The first-order valence-corrected chi connectivity index (χ1v) is 4.72. The highest BCUT2D eigenvalue weighted by molar-refractivity contribution is 5.41. The summed E-state index contributed by atoms with van der Waals surface area (Å²) in [4.78, 5) is 0. The molecule has 0 aliphatic rings. The van der Waals surface area contributed by atoms with E-state index >= 15 is 0 Å². The van der Waals surface area contributed by atoms with Crippen molar-refractivity contribution in [3.8, 4) is 6.07 Å². The fourth-order valence-corrected chi connectivity index (χ4v) is 1.37. The number of nitriles is 1. The zero-order valence-corrected chi connectivity index (χ0v) is 8.46. The summed E-state index contributed by atoms with van der Waals surface area (Å²) in [5, 5.41) is 8.83. The third-order valence-corrected chi connectivity index (χ3v) is 2.30. The van der Waals surface area contributed by atoms with Gasteiger partial charge in [-0.3, -0.25) is 0 Å². The molecule has 0 amide bonds. The number of nitrogens with zero attached hydrogens (tertiary/aromatic N) is 1. The van der Waals surface area contributed by atoms with E-state index < -0.39 is 0 Å². The summed E-state index contributed by atoms with van der Waals surface area (Å²) in [7, 11) is 0. The fourth-order valence-electron chi connectivity index (χ4n) is 1.37. The largest absolute Gasteiger partial charge is 0.192 e. The Balaban J connectivity index is 3.15. The minimum absolute atomic E-state index is 0.540. The van der Waals surface area contributed by atoms with Crippen LogP contribution in [0.4, 0.5) is 0 Å². The molecule has 0 N–H and O–H groups in total. The summed E-state index contributed by atoms with van der Waals surface area (Å²) in [6.07, 6.45) is 0.934. The number of aryl methyl sites for hydroxylation is 1. The molecule has 0 saturated carbocycles. The highest BCUT2D eigenvalue weighted by Crippen LogP contribution is 2.18. The Hall–Kier alpha value is -1.29. The van der Waals surface area contributed by atoms with Crippen LogP contribution in [0.25, 0.3) is 0 Å². The van der Waals surface area contributed by atoms with Gasteiger partial charge in [0.05, 0.1) is 11.6 Å². The number of hydrogen-bond acceptors (Lipinski definition) is 1. The molecule has 0 spiro atoms. The Bertz CT molecular complexity index is 331. The van der Waals surface area contributed by atoms with Crippen molar-refractivity contribution in [2.45, 2.75) is 33.1 Å². The van der Waals surface area contributed by atoms with Gasteiger partial charge in [-0.1, -0.05) is 32.9 Å². The van der Waals surface area contributed by atoms with E-state index in [1.807, 2.05) is 12.1 Å². The summed E-state index contributed by atoms with van der Waals surface area (Å²) in [5.74, 6) is 0.540. The highest BCUT2D eigenvalue weighted by atomic mass is 14.2. The summed E-state index contributed by atoms with van der Waals surface area (Å²) in [6, 6.07) is 8.32. The Kier molecular flexibility index (Phi) is 3.08. The molecular formula is C12H15N. The second-order valence-corrected chi connectivity index (χ2v) is 3.54. The van der Waals surface area contributed by atoms with Crippen molar-refractivity contribution in [1.82, 2.24) is 0 Å². The predicted molar refractivity (Wildman–Crippen MR) is 54.6 cm³/mol. The molecule has 1 aromatic carbocycles. The van der Waals surface area contributed by atoms with Gasteiger partial charge in [0.2, 0.25) is 0 Å². The third-order valence-electron chi connectivity index (χ3n) is 2.30. The van der Waals surface area contributed by atoms with Gasteiger partial charge >= 0.3 is 0 Å². The van der Waals surface area contributed by atoms with E-state index in [0.29, 0.717) is 5.92 Å². The second-order valence-electron chi connectivity index (χ2n) is 3.54. The molecule has 13 heavy (non-hydrogen) atoms. The number of rotatable bonds is 2. The molecule has 0 unspecified atom stereocenters. The van der Waals surface area contributed by atoms with E-state index in [1.54, 1.807) is 0 Å². The summed E-state index contributed by atoms with van der Waals surface area (Å²) in [6.45, 7) is 6.42. The maximum atomic E-state index is 8.83. The van der Waals surface area contributed by atoms with E-state index in [2.05, 4.69) is 32.9 Å². The quantitative estimate of drug-likeness (QED) is 0.673. The van der Waals surface area contributed by atoms with Crippen LogP contribution in [0.3, 0.4) is 0 Å². The molecule has 1 aromatic rings. The van der Waals surface area contributed by atoms with Crippen LogP contribution in [0.5, 0.6) is 0 Å². The monoisotopic (exact) mass is 173 g/mol. The first kappa shape index (κ1) is 9.80. The Morgan fingerprint density at radius 2 is 2.08 bits per heavy atom. The minimum atomic E-state index is 0.540. The third kappa shape index (κ3) is 2.09. The van der Waals surface area contributed by atoms with Gasteiger partial charge in [-0.2, -0.15) is 5.26 Å². The van der Waals surface area contributed by atoms with E-state index in [4.69, 9.17) is 5.26 Å². The Morgan fingerprint density at radius 3 is 2.54 bits per heavy atom. The molecule has 1 rings (SSSR count). The molecule has 1 heteroatoms.